The minimum Gasteiger partial charge on any atom is -0.489 e. The fraction of sp³-hybridized carbons (Fsp3) is 0.269. The number of piperidine rings is 1. The Balaban J connectivity index is 1.42. The minimum absolute atomic E-state index is 0.00576. The third-order valence-corrected chi connectivity index (χ3v) is 5.44. The van der Waals surface area contributed by atoms with E-state index in [2.05, 4.69) is 42.1 Å². The van der Waals surface area contributed by atoms with Gasteiger partial charge in [-0.05, 0) is 56.7 Å². The number of rotatable bonds is 6. The number of nitrogens with zero attached hydrogens (tertiary/aromatic N) is 3. The summed E-state index contributed by atoms with van der Waals surface area (Å²) in [6.45, 7) is 8.79. The summed E-state index contributed by atoms with van der Waals surface area (Å²) in [4.78, 5) is 9.11. The van der Waals surface area contributed by atoms with E-state index in [0.29, 0.717) is 18.1 Å². The number of anilines is 1. The molecule has 0 saturated carbocycles. The van der Waals surface area contributed by atoms with Gasteiger partial charge in [0, 0.05) is 41.0 Å². The zero-order valence-electron chi connectivity index (χ0n) is 18.4. The van der Waals surface area contributed by atoms with E-state index < -0.39 is 0 Å². The van der Waals surface area contributed by atoms with Gasteiger partial charge in [0.05, 0.1) is 17.3 Å². The molecule has 2 aromatic carbocycles. The van der Waals surface area contributed by atoms with Gasteiger partial charge in [0.15, 0.2) is 0 Å². The molecule has 2 N–H and O–H groups in total. The van der Waals surface area contributed by atoms with Crippen molar-refractivity contribution in [2.45, 2.75) is 44.9 Å². The Morgan fingerprint density at radius 2 is 1.97 bits per heavy atom. The predicted octanol–water partition coefficient (Wildman–Crippen LogP) is 5.05. The Labute approximate surface area is 189 Å². The summed E-state index contributed by atoms with van der Waals surface area (Å²) < 4.78 is 5.87. The summed E-state index contributed by atoms with van der Waals surface area (Å²) in [5.74, 6) is 1.36. The number of nitrogens with one attached hydrogen (secondary N) is 2. The zero-order chi connectivity index (χ0) is 22.6. The Morgan fingerprint density at radius 3 is 2.72 bits per heavy atom. The maximum Gasteiger partial charge on any atom is 0.223 e. The van der Waals surface area contributed by atoms with Crippen molar-refractivity contribution in [1.82, 2.24) is 15.3 Å². The van der Waals surface area contributed by atoms with E-state index in [4.69, 9.17) is 9.72 Å². The second-order valence-electron chi connectivity index (χ2n) is 8.71. The molecule has 0 spiro atoms. The topological polar surface area (TPSA) is 82.9 Å². The van der Waals surface area contributed by atoms with Crippen LogP contribution in [0.1, 0.15) is 37.8 Å². The average molecular weight is 426 g/mol. The van der Waals surface area contributed by atoms with Crippen LogP contribution < -0.4 is 15.4 Å². The molecule has 2 heterocycles. The van der Waals surface area contributed by atoms with Crippen molar-refractivity contribution in [2.75, 3.05) is 5.32 Å². The molecule has 0 amide bonds. The van der Waals surface area contributed by atoms with Gasteiger partial charge in [-0.2, -0.15) is 5.26 Å². The highest BCUT2D eigenvalue weighted by Gasteiger charge is 2.29. The van der Waals surface area contributed by atoms with E-state index in [1.165, 1.54) is 0 Å². The van der Waals surface area contributed by atoms with Crippen LogP contribution in [-0.4, -0.2) is 21.5 Å². The second kappa shape index (κ2) is 9.11. The molecule has 4 rings (SSSR count). The van der Waals surface area contributed by atoms with Gasteiger partial charge in [-0.3, -0.25) is 0 Å². The van der Waals surface area contributed by atoms with Crippen LogP contribution in [0.3, 0.4) is 0 Å². The first-order valence-corrected chi connectivity index (χ1v) is 10.7. The normalized spacial score (nSPS) is 17.2. The van der Waals surface area contributed by atoms with Crippen molar-refractivity contribution < 1.29 is 4.74 Å². The van der Waals surface area contributed by atoms with Gasteiger partial charge in [-0.15, -0.1) is 0 Å². The van der Waals surface area contributed by atoms with Crippen LogP contribution in [0.4, 0.5) is 5.95 Å². The summed E-state index contributed by atoms with van der Waals surface area (Å²) in [5, 5.41) is 16.1. The molecule has 1 unspecified atom stereocenters. The molecular formula is C26H27N5O. The van der Waals surface area contributed by atoms with Gasteiger partial charge in [-0.1, -0.05) is 24.8 Å². The maximum atomic E-state index is 9.21. The summed E-state index contributed by atoms with van der Waals surface area (Å²) in [6, 6.07) is 19.6. The van der Waals surface area contributed by atoms with Gasteiger partial charge in [0.25, 0.3) is 0 Å². The molecule has 1 fully saturated rings. The molecule has 1 atom stereocenters. The minimum atomic E-state index is -0.00576. The van der Waals surface area contributed by atoms with E-state index in [0.717, 1.165) is 41.1 Å². The molecule has 32 heavy (non-hydrogen) atoms. The molecule has 0 radical (unpaired) electrons. The van der Waals surface area contributed by atoms with Crippen molar-refractivity contribution in [1.29, 1.82) is 5.26 Å². The van der Waals surface area contributed by atoms with Crippen LogP contribution in [-0.2, 0) is 6.61 Å². The fourth-order valence-corrected chi connectivity index (χ4v) is 4.08. The zero-order valence-corrected chi connectivity index (χ0v) is 18.4. The van der Waals surface area contributed by atoms with Crippen LogP contribution in [0.15, 0.2) is 73.1 Å². The number of aromatic nitrogens is 2. The molecule has 3 aromatic rings. The van der Waals surface area contributed by atoms with Crippen molar-refractivity contribution >= 4 is 5.95 Å². The summed E-state index contributed by atoms with van der Waals surface area (Å²) >= 11 is 0. The van der Waals surface area contributed by atoms with Gasteiger partial charge in [-0.25, -0.2) is 9.97 Å². The maximum absolute atomic E-state index is 9.21. The van der Waals surface area contributed by atoms with Crippen LogP contribution >= 0.6 is 0 Å². The monoisotopic (exact) mass is 425 g/mol. The second-order valence-corrected chi connectivity index (χ2v) is 8.71. The highest BCUT2D eigenvalue weighted by Crippen LogP contribution is 2.26. The lowest BCUT2D eigenvalue weighted by atomic mass is 9.88. The van der Waals surface area contributed by atoms with E-state index in [9.17, 15) is 5.26 Å². The van der Waals surface area contributed by atoms with Gasteiger partial charge in [0.2, 0.25) is 5.95 Å². The van der Waals surface area contributed by atoms with E-state index in [-0.39, 0.29) is 11.6 Å². The number of benzene rings is 2. The average Bonchev–Trinajstić information content (AvgIpc) is 2.77. The number of hydrogen-bond acceptors (Lipinski definition) is 6. The standard InChI is InChI=1S/C26H27N5O/c1-18-14-22(15-26(2,3)31-18)29-25-28-13-12-24(30-25)19-8-10-23(11-9-19)32-17-21-7-5-4-6-20(21)16-27/h4-13,22,31H,1,14-15,17H2,2-3H3,(H,28,29,30). The number of ether oxygens (including phenoxy) is 1. The molecular weight excluding hydrogens is 398 g/mol. The van der Waals surface area contributed by atoms with Crippen LogP contribution in [0, 0.1) is 11.3 Å². The molecule has 1 saturated heterocycles. The summed E-state index contributed by atoms with van der Waals surface area (Å²) in [5.41, 5.74) is 4.35. The van der Waals surface area contributed by atoms with Crippen LogP contribution in [0.25, 0.3) is 11.3 Å². The highest BCUT2D eigenvalue weighted by molar-refractivity contribution is 5.61. The Kier molecular flexibility index (Phi) is 6.09. The molecule has 1 aromatic heterocycles. The van der Waals surface area contributed by atoms with Crippen molar-refractivity contribution in [3.05, 3.63) is 84.2 Å². The molecule has 6 nitrogen and oxygen atoms in total. The number of nitriles is 1. The first-order chi connectivity index (χ1) is 15.4. The first kappa shape index (κ1) is 21.4. The molecule has 6 heteroatoms. The Morgan fingerprint density at radius 1 is 1.19 bits per heavy atom. The highest BCUT2D eigenvalue weighted by atomic mass is 16.5. The van der Waals surface area contributed by atoms with Crippen LogP contribution in [0.5, 0.6) is 5.75 Å². The van der Waals surface area contributed by atoms with Crippen molar-refractivity contribution in [3.63, 3.8) is 0 Å². The largest absolute Gasteiger partial charge is 0.489 e. The lowest BCUT2D eigenvalue weighted by Gasteiger charge is -2.38. The first-order valence-electron chi connectivity index (χ1n) is 10.7. The lowest BCUT2D eigenvalue weighted by molar-refractivity contribution is 0.306. The molecule has 1 aliphatic rings. The van der Waals surface area contributed by atoms with Gasteiger partial charge < -0.3 is 15.4 Å². The van der Waals surface area contributed by atoms with E-state index in [1.807, 2.05) is 48.5 Å². The predicted molar refractivity (Wildman–Crippen MR) is 126 cm³/mol. The van der Waals surface area contributed by atoms with Crippen molar-refractivity contribution in [3.8, 4) is 23.1 Å². The smallest absolute Gasteiger partial charge is 0.223 e. The van der Waals surface area contributed by atoms with E-state index >= 15 is 0 Å². The SMILES string of the molecule is C=C1CC(Nc2nccc(-c3ccc(OCc4ccccc4C#N)cc3)n2)CC(C)(C)N1. The third kappa shape index (κ3) is 5.25. The molecule has 0 bridgehead atoms. The van der Waals surface area contributed by atoms with Gasteiger partial charge in [0.1, 0.15) is 12.4 Å². The third-order valence-electron chi connectivity index (χ3n) is 5.44. The fourth-order valence-electron chi connectivity index (χ4n) is 4.08. The van der Waals surface area contributed by atoms with Gasteiger partial charge >= 0.3 is 0 Å². The van der Waals surface area contributed by atoms with Crippen LogP contribution in [0.2, 0.25) is 0 Å². The molecule has 162 valence electrons. The Bertz CT molecular complexity index is 1150. The number of hydrogen-bond donors (Lipinski definition) is 2. The summed E-state index contributed by atoms with van der Waals surface area (Å²) in [7, 11) is 0. The Hall–Kier alpha value is -3.85. The summed E-state index contributed by atoms with van der Waals surface area (Å²) in [6.07, 6.45) is 3.58. The van der Waals surface area contributed by atoms with E-state index in [1.54, 1.807) is 12.3 Å². The molecule has 0 aliphatic carbocycles. The lowest BCUT2D eigenvalue weighted by Crippen LogP contribution is -2.48. The van der Waals surface area contributed by atoms with Crippen molar-refractivity contribution in [2.24, 2.45) is 0 Å². The molecule has 1 aliphatic heterocycles. The quantitative estimate of drug-likeness (QED) is 0.575.